The van der Waals surface area contributed by atoms with E-state index in [9.17, 15) is 17.6 Å². The smallest absolute Gasteiger partial charge is 0.380 e. The van der Waals surface area contributed by atoms with Crippen molar-refractivity contribution in [3.63, 3.8) is 0 Å². The van der Waals surface area contributed by atoms with E-state index in [1.165, 1.54) is 6.07 Å². The third-order valence-electron chi connectivity index (χ3n) is 2.75. The van der Waals surface area contributed by atoms with E-state index in [-0.39, 0.29) is 6.54 Å². The van der Waals surface area contributed by atoms with Gasteiger partial charge in [0.2, 0.25) is 0 Å². The zero-order chi connectivity index (χ0) is 15.6. The standard InChI is InChI=1S/C14H9Br2F4N/c15-9-2-4-13(11(16)6-9)21-7-8-1-3-12(17)10(5-8)14(18,19)20/h1-6,21H,7H2. The molecule has 2 aromatic carbocycles. The zero-order valence-corrected chi connectivity index (χ0v) is 13.6. The summed E-state index contributed by atoms with van der Waals surface area (Å²) in [4.78, 5) is 0. The van der Waals surface area contributed by atoms with Crippen LogP contribution in [-0.2, 0) is 12.7 Å². The first-order chi connectivity index (χ1) is 9.77. The van der Waals surface area contributed by atoms with E-state index in [2.05, 4.69) is 37.2 Å². The lowest BCUT2D eigenvalue weighted by Crippen LogP contribution is -2.10. The molecule has 7 heteroatoms. The summed E-state index contributed by atoms with van der Waals surface area (Å²) in [7, 11) is 0. The SMILES string of the molecule is Fc1ccc(CNc2ccc(Br)cc2Br)cc1C(F)(F)F. The normalized spacial score (nSPS) is 11.5. The Hall–Kier alpha value is -1.08. The zero-order valence-electron chi connectivity index (χ0n) is 10.4. The fourth-order valence-corrected chi connectivity index (χ4v) is 2.92. The number of anilines is 1. The average molecular weight is 427 g/mol. The van der Waals surface area contributed by atoms with E-state index in [4.69, 9.17) is 0 Å². The van der Waals surface area contributed by atoms with Crippen molar-refractivity contribution < 1.29 is 17.6 Å². The van der Waals surface area contributed by atoms with Crippen molar-refractivity contribution in [3.8, 4) is 0 Å². The number of hydrogen-bond acceptors (Lipinski definition) is 1. The number of benzene rings is 2. The second kappa shape index (κ2) is 6.36. The Morgan fingerprint density at radius 2 is 1.71 bits per heavy atom. The molecule has 0 aliphatic heterocycles. The highest BCUT2D eigenvalue weighted by atomic mass is 79.9. The summed E-state index contributed by atoms with van der Waals surface area (Å²) in [5, 5.41) is 3.00. The van der Waals surface area contributed by atoms with Gasteiger partial charge >= 0.3 is 6.18 Å². The first-order valence-electron chi connectivity index (χ1n) is 5.82. The first kappa shape index (κ1) is 16.3. The monoisotopic (exact) mass is 425 g/mol. The second-order valence-electron chi connectivity index (χ2n) is 4.29. The summed E-state index contributed by atoms with van der Waals surface area (Å²) in [6.07, 6.45) is -4.70. The van der Waals surface area contributed by atoms with E-state index >= 15 is 0 Å². The van der Waals surface area contributed by atoms with Gasteiger partial charge in [-0.2, -0.15) is 13.2 Å². The predicted molar refractivity (Wildman–Crippen MR) is 80.6 cm³/mol. The summed E-state index contributed by atoms with van der Waals surface area (Å²) in [5.41, 5.74) is -0.175. The Morgan fingerprint density at radius 1 is 1.00 bits per heavy atom. The van der Waals surface area contributed by atoms with Crippen LogP contribution in [0.15, 0.2) is 45.3 Å². The lowest BCUT2D eigenvalue weighted by Gasteiger charge is -2.12. The van der Waals surface area contributed by atoms with Gasteiger partial charge in [0, 0.05) is 21.2 Å². The fourth-order valence-electron chi connectivity index (χ4n) is 1.73. The third-order valence-corrected chi connectivity index (χ3v) is 3.90. The Kier molecular flexibility index (Phi) is 4.93. The minimum Gasteiger partial charge on any atom is -0.380 e. The third kappa shape index (κ3) is 4.20. The van der Waals surface area contributed by atoms with Gasteiger partial charge in [0.1, 0.15) is 5.82 Å². The molecule has 0 fully saturated rings. The summed E-state index contributed by atoms with van der Waals surface area (Å²) in [5.74, 6) is -1.27. The number of hydrogen-bond donors (Lipinski definition) is 1. The number of rotatable bonds is 3. The maximum atomic E-state index is 13.2. The number of nitrogens with one attached hydrogen (secondary N) is 1. The van der Waals surface area contributed by atoms with Crippen molar-refractivity contribution in [2.75, 3.05) is 5.32 Å². The molecule has 0 saturated carbocycles. The van der Waals surface area contributed by atoms with Crippen LogP contribution in [-0.4, -0.2) is 0 Å². The van der Waals surface area contributed by atoms with Crippen LogP contribution in [0, 0.1) is 5.82 Å². The van der Waals surface area contributed by atoms with E-state index in [0.29, 0.717) is 5.56 Å². The molecule has 0 bridgehead atoms. The van der Waals surface area contributed by atoms with Gasteiger partial charge in [-0.05, 0) is 51.8 Å². The molecule has 112 valence electrons. The van der Waals surface area contributed by atoms with Crippen molar-refractivity contribution in [2.24, 2.45) is 0 Å². The topological polar surface area (TPSA) is 12.0 Å². The average Bonchev–Trinajstić information content (AvgIpc) is 2.38. The quantitative estimate of drug-likeness (QED) is 0.595. The molecule has 0 heterocycles. The van der Waals surface area contributed by atoms with Gasteiger partial charge < -0.3 is 5.32 Å². The Balaban J connectivity index is 2.17. The van der Waals surface area contributed by atoms with E-state index in [1.807, 2.05) is 6.07 Å². The molecule has 2 aromatic rings. The molecule has 0 aliphatic carbocycles. The van der Waals surface area contributed by atoms with Crippen molar-refractivity contribution in [1.29, 1.82) is 0 Å². The van der Waals surface area contributed by atoms with Crippen LogP contribution in [0.1, 0.15) is 11.1 Å². The molecule has 2 rings (SSSR count). The van der Waals surface area contributed by atoms with Crippen LogP contribution < -0.4 is 5.32 Å². The van der Waals surface area contributed by atoms with Crippen LogP contribution in [0.4, 0.5) is 23.2 Å². The van der Waals surface area contributed by atoms with Gasteiger partial charge in [0.05, 0.1) is 5.56 Å². The maximum absolute atomic E-state index is 13.2. The molecule has 0 radical (unpaired) electrons. The molecule has 0 amide bonds. The molecule has 21 heavy (non-hydrogen) atoms. The molecule has 0 aliphatic rings. The second-order valence-corrected chi connectivity index (χ2v) is 6.06. The van der Waals surface area contributed by atoms with Gasteiger partial charge in [-0.25, -0.2) is 4.39 Å². The summed E-state index contributed by atoms with van der Waals surface area (Å²) in [6.45, 7) is 0.156. The molecule has 1 nitrogen and oxygen atoms in total. The molecule has 0 aromatic heterocycles. The van der Waals surface area contributed by atoms with E-state index < -0.39 is 17.6 Å². The van der Waals surface area contributed by atoms with Gasteiger partial charge in [0.25, 0.3) is 0 Å². The molecule has 1 N–H and O–H groups in total. The van der Waals surface area contributed by atoms with Crippen LogP contribution in [0.3, 0.4) is 0 Å². The van der Waals surface area contributed by atoms with Crippen molar-refractivity contribution >= 4 is 37.5 Å². The first-order valence-corrected chi connectivity index (χ1v) is 7.40. The fraction of sp³-hybridized carbons (Fsp3) is 0.143. The van der Waals surface area contributed by atoms with Gasteiger partial charge in [-0.1, -0.05) is 22.0 Å². The lowest BCUT2D eigenvalue weighted by molar-refractivity contribution is -0.140. The van der Waals surface area contributed by atoms with E-state index in [1.54, 1.807) is 12.1 Å². The van der Waals surface area contributed by atoms with Crippen molar-refractivity contribution in [3.05, 3.63) is 62.3 Å². The number of halogens is 6. The van der Waals surface area contributed by atoms with Crippen LogP contribution >= 0.6 is 31.9 Å². The van der Waals surface area contributed by atoms with Gasteiger partial charge in [0.15, 0.2) is 0 Å². The largest absolute Gasteiger partial charge is 0.419 e. The highest BCUT2D eigenvalue weighted by Gasteiger charge is 2.34. The highest BCUT2D eigenvalue weighted by Crippen LogP contribution is 2.32. The predicted octanol–water partition coefficient (Wildman–Crippen LogP) is 5.98. The molecule has 0 spiro atoms. The Bertz CT molecular complexity index is 656. The van der Waals surface area contributed by atoms with Crippen molar-refractivity contribution in [1.82, 2.24) is 0 Å². The van der Waals surface area contributed by atoms with Crippen LogP contribution in [0.2, 0.25) is 0 Å². The number of alkyl halides is 3. The summed E-state index contributed by atoms with van der Waals surface area (Å²) in [6, 6.07) is 8.37. The molecule has 0 atom stereocenters. The minimum atomic E-state index is -4.70. The Labute approximate surface area is 135 Å². The van der Waals surface area contributed by atoms with Crippen LogP contribution in [0.25, 0.3) is 0 Å². The van der Waals surface area contributed by atoms with Crippen LogP contribution in [0.5, 0.6) is 0 Å². The molecule has 0 unspecified atom stereocenters. The maximum Gasteiger partial charge on any atom is 0.419 e. The summed E-state index contributed by atoms with van der Waals surface area (Å²) < 4.78 is 52.7. The molecular formula is C14H9Br2F4N. The lowest BCUT2D eigenvalue weighted by atomic mass is 10.1. The molecule has 0 saturated heterocycles. The highest BCUT2D eigenvalue weighted by molar-refractivity contribution is 9.11. The molecular weight excluding hydrogens is 418 g/mol. The van der Waals surface area contributed by atoms with E-state index in [0.717, 1.165) is 26.8 Å². The van der Waals surface area contributed by atoms with Gasteiger partial charge in [-0.3, -0.25) is 0 Å². The van der Waals surface area contributed by atoms with Crippen molar-refractivity contribution in [2.45, 2.75) is 12.7 Å². The van der Waals surface area contributed by atoms with Gasteiger partial charge in [-0.15, -0.1) is 0 Å². The summed E-state index contributed by atoms with van der Waals surface area (Å²) >= 11 is 6.65. The minimum absolute atomic E-state index is 0.156. The Morgan fingerprint density at radius 3 is 2.33 bits per heavy atom.